The molecule has 0 bridgehead atoms. The summed E-state index contributed by atoms with van der Waals surface area (Å²) in [5, 5.41) is 0. The van der Waals surface area contributed by atoms with Gasteiger partial charge in [-0.2, -0.15) is 0 Å². The molecular weight excluding hydrogens is 643 g/mol. The van der Waals surface area contributed by atoms with Crippen molar-refractivity contribution in [1.29, 1.82) is 0 Å². The Labute approximate surface area is 323 Å². The molecule has 0 amide bonds. The van der Waals surface area contributed by atoms with E-state index in [9.17, 15) is 9.59 Å². The molecule has 0 N–H and O–H groups in total. The maximum atomic E-state index is 13.0. The van der Waals surface area contributed by atoms with Gasteiger partial charge in [-0.15, -0.1) is 0 Å². The van der Waals surface area contributed by atoms with E-state index in [2.05, 4.69) is 88.4 Å². The van der Waals surface area contributed by atoms with Gasteiger partial charge < -0.3 is 14.4 Å². The number of hydrogen-bond acceptors (Lipinski definition) is 5. The van der Waals surface area contributed by atoms with Gasteiger partial charge in [0.25, 0.3) is 0 Å². The Morgan fingerprint density at radius 3 is 1.25 bits per heavy atom. The molecule has 0 aromatic heterocycles. The van der Waals surface area contributed by atoms with Crippen LogP contribution in [-0.4, -0.2) is 49.7 Å². The zero-order valence-corrected chi connectivity index (χ0v) is 35.1. The van der Waals surface area contributed by atoms with Crippen molar-refractivity contribution in [2.45, 2.75) is 219 Å². The van der Waals surface area contributed by atoms with Crippen LogP contribution in [0.3, 0.4) is 0 Å². The van der Waals surface area contributed by atoms with Crippen LogP contribution < -0.4 is 0 Å². The summed E-state index contributed by atoms with van der Waals surface area (Å²) in [4.78, 5) is 28.2. The van der Waals surface area contributed by atoms with Gasteiger partial charge in [0.05, 0.1) is 0 Å². The molecule has 0 aliphatic carbocycles. The second-order valence-electron chi connectivity index (χ2n) is 15.1. The molecule has 0 aliphatic heterocycles. The standard InChI is InChI=1S/C47H85NO4/c1-6-9-12-14-16-18-20-22-24-26-28-30-32-34-37-42-47(50)52-45(40-38-43-48(4)5)44(39-35-11-8-3)51-46(49)41-36-33-31-29-27-25-23-21-19-17-15-13-10-7-2/h15-18,21-24,44-45H,6-14,19-20,25-43H2,1-5H3/b17-15-,18-16-,23-21-,24-22-/t44-,45+/m1/s1. The van der Waals surface area contributed by atoms with Gasteiger partial charge in [-0.3, -0.25) is 9.59 Å². The summed E-state index contributed by atoms with van der Waals surface area (Å²) in [7, 11) is 4.13. The summed E-state index contributed by atoms with van der Waals surface area (Å²) in [5.74, 6) is -0.283. The third-order valence-corrected chi connectivity index (χ3v) is 9.58. The second kappa shape index (κ2) is 40.1. The maximum Gasteiger partial charge on any atom is 0.306 e. The first-order chi connectivity index (χ1) is 25.4. The lowest BCUT2D eigenvalue weighted by Gasteiger charge is -2.28. The molecule has 5 heteroatoms. The van der Waals surface area contributed by atoms with Crippen molar-refractivity contribution in [3.63, 3.8) is 0 Å². The van der Waals surface area contributed by atoms with Gasteiger partial charge >= 0.3 is 11.9 Å². The average molecular weight is 728 g/mol. The van der Waals surface area contributed by atoms with Crippen LogP contribution in [0.5, 0.6) is 0 Å². The van der Waals surface area contributed by atoms with Crippen LogP contribution in [0.25, 0.3) is 0 Å². The summed E-state index contributed by atoms with van der Waals surface area (Å²) in [6.07, 6.45) is 48.2. The van der Waals surface area contributed by atoms with Crippen LogP contribution in [0, 0.1) is 0 Å². The quantitative estimate of drug-likeness (QED) is 0.0360. The molecule has 0 aliphatic rings. The monoisotopic (exact) mass is 728 g/mol. The number of carbonyl (C=O) groups excluding carboxylic acids is 2. The summed E-state index contributed by atoms with van der Waals surface area (Å²) >= 11 is 0. The lowest BCUT2D eigenvalue weighted by molar-refractivity contribution is -0.169. The van der Waals surface area contributed by atoms with Crippen molar-refractivity contribution in [1.82, 2.24) is 4.90 Å². The van der Waals surface area contributed by atoms with Crippen molar-refractivity contribution < 1.29 is 19.1 Å². The molecule has 0 aromatic carbocycles. The van der Waals surface area contributed by atoms with Crippen molar-refractivity contribution >= 4 is 11.9 Å². The highest BCUT2D eigenvalue weighted by Crippen LogP contribution is 2.21. The molecule has 0 saturated heterocycles. The topological polar surface area (TPSA) is 55.8 Å². The van der Waals surface area contributed by atoms with Crippen LogP contribution >= 0.6 is 0 Å². The molecule has 52 heavy (non-hydrogen) atoms. The number of ether oxygens (including phenoxy) is 2. The maximum absolute atomic E-state index is 13.0. The van der Waals surface area contributed by atoms with E-state index in [1.807, 2.05) is 0 Å². The van der Waals surface area contributed by atoms with Gasteiger partial charge in [-0.05, 0) is 117 Å². The molecule has 0 spiro atoms. The van der Waals surface area contributed by atoms with Crippen LogP contribution in [0.2, 0.25) is 0 Å². The summed E-state index contributed by atoms with van der Waals surface area (Å²) < 4.78 is 12.2. The average Bonchev–Trinajstić information content (AvgIpc) is 3.12. The molecule has 0 aromatic rings. The van der Waals surface area contributed by atoms with E-state index in [0.717, 1.165) is 109 Å². The van der Waals surface area contributed by atoms with Gasteiger partial charge in [-0.1, -0.05) is 146 Å². The number of esters is 2. The Hall–Kier alpha value is -2.14. The highest BCUT2D eigenvalue weighted by molar-refractivity contribution is 5.70. The fourth-order valence-corrected chi connectivity index (χ4v) is 6.27. The van der Waals surface area contributed by atoms with Crippen LogP contribution in [-0.2, 0) is 19.1 Å². The Morgan fingerprint density at radius 1 is 0.442 bits per heavy atom. The van der Waals surface area contributed by atoms with Crippen molar-refractivity contribution in [3.8, 4) is 0 Å². The summed E-state index contributed by atoms with van der Waals surface area (Å²) in [6, 6.07) is 0. The van der Waals surface area contributed by atoms with Gasteiger partial charge in [0.2, 0.25) is 0 Å². The Morgan fingerprint density at radius 2 is 0.808 bits per heavy atom. The second-order valence-corrected chi connectivity index (χ2v) is 15.1. The van der Waals surface area contributed by atoms with Crippen molar-refractivity contribution in [3.05, 3.63) is 48.6 Å². The minimum Gasteiger partial charge on any atom is -0.458 e. The first kappa shape index (κ1) is 49.9. The van der Waals surface area contributed by atoms with Crippen LogP contribution in [0.4, 0.5) is 0 Å². The first-order valence-electron chi connectivity index (χ1n) is 22.1. The molecule has 0 saturated carbocycles. The Bertz CT molecular complexity index is 905. The van der Waals surface area contributed by atoms with E-state index in [-0.39, 0.29) is 24.1 Å². The minimum atomic E-state index is -0.369. The zero-order chi connectivity index (χ0) is 38.2. The highest BCUT2D eigenvalue weighted by Gasteiger charge is 2.28. The SMILES string of the molecule is CCCC/C=C\C/C=C\CCCCCCCC(=O)O[C@H](CCCCC)[C@H](CCCN(C)C)OC(=O)CCCCCCC/C=C\C/C=C\CCCCC. The van der Waals surface area contributed by atoms with E-state index in [1.54, 1.807) is 0 Å². The predicted molar refractivity (Wildman–Crippen MR) is 226 cm³/mol. The normalized spacial score (nSPS) is 13.3. The highest BCUT2D eigenvalue weighted by atomic mass is 16.6. The largest absolute Gasteiger partial charge is 0.458 e. The summed E-state index contributed by atoms with van der Waals surface area (Å²) in [6.45, 7) is 7.58. The molecule has 0 rings (SSSR count). The number of unbranched alkanes of at least 4 members (excludes halogenated alkanes) is 17. The van der Waals surface area contributed by atoms with Crippen LogP contribution in [0.15, 0.2) is 48.6 Å². The van der Waals surface area contributed by atoms with E-state index in [0.29, 0.717) is 12.8 Å². The molecule has 5 nitrogen and oxygen atoms in total. The predicted octanol–water partition coefficient (Wildman–Crippen LogP) is 14.0. The zero-order valence-electron chi connectivity index (χ0n) is 35.1. The van der Waals surface area contributed by atoms with Gasteiger partial charge in [-0.25, -0.2) is 0 Å². The number of carbonyl (C=O) groups is 2. The number of hydrogen-bond donors (Lipinski definition) is 0. The molecular formula is C47H85NO4. The Kier molecular flexibility index (Phi) is 38.4. The van der Waals surface area contributed by atoms with Gasteiger partial charge in [0.15, 0.2) is 0 Å². The number of rotatable bonds is 38. The van der Waals surface area contributed by atoms with E-state index in [1.165, 1.54) is 70.6 Å². The molecule has 0 heterocycles. The first-order valence-corrected chi connectivity index (χ1v) is 22.1. The Balaban J connectivity index is 4.57. The minimum absolute atomic E-state index is 0.140. The fourth-order valence-electron chi connectivity index (χ4n) is 6.27. The van der Waals surface area contributed by atoms with E-state index < -0.39 is 0 Å². The number of allylic oxidation sites excluding steroid dienone is 8. The van der Waals surface area contributed by atoms with E-state index >= 15 is 0 Å². The molecule has 0 radical (unpaired) electrons. The van der Waals surface area contributed by atoms with Gasteiger partial charge in [0.1, 0.15) is 12.2 Å². The molecule has 2 atom stereocenters. The lowest BCUT2D eigenvalue weighted by Crippen LogP contribution is -2.36. The van der Waals surface area contributed by atoms with Gasteiger partial charge in [0, 0.05) is 12.8 Å². The molecule has 0 fully saturated rings. The third kappa shape index (κ3) is 36.2. The van der Waals surface area contributed by atoms with Crippen molar-refractivity contribution in [2.24, 2.45) is 0 Å². The van der Waals surface area contributed by atoms with Crippen LogP contribution in [0.1, 0.15) is 207 Å². The van der Waals surface area contributed by atoms with E-state index in [4.69, 9.17) is 9.47 Å². The third-order valence-electron chi connectivity index (χ3n) is 9.58. The van der Waals surface area contributed by atoms with Crippen molar-refractivity contribution in [2.75, 3.05) is 20.6 Å². The number of nitrogens with zero attached hydrogens (tertiary/aromatic N) is 1. The molecule has 302 valence electrons. The fraction of sp³-hybridized carbons (Fsp3) is 0.787. The molecule has 0 unspecified atom stereocenters. The summed E-state index contributed by atoms with van der Waals surface area (Å²) in [5.41, 5.74) is 0. The smallest absolute Gasteiger partial charge is 0.306 e. The lowest BCUT2D eigenvalue weighted by atomic mass is 10.0.